The van der Waals surface area contributed by atoms with Crippen LogP contribution in [0.5, 0.6) is 17.2 Å². The fraction of sp³-hybridized carbons (Fsp3) is 0.294. The molecule has 1 aliphatic carbocycles. The Hall–Kier alpha value is -3.71. The number of aliphatic hydroxyl groups excluding tert-OH is 2. The molecule has 0 atom stereocenters. The number of nitrogens with one attached hydrogen (secondary N) is 1. The summed E-state index contributed by atoms with van der Waals surface area (Å²) in [4.78, 5) is 2.00. The van der Waals surface area contributed by atoms with E-state index in [-0.39, 0.29) is 44.4 Å². The molecule has 6 N–H and O–H groups in total. The van der Waals surface area contributed by atoms with Crippen LogP contribution in [-0.2, 0) is 13.2 Å². The van der Waals surface area contributed by atoms with Gasteiger partial charge < -0.3 is 35.4 Å². The molecule has 244 valence electrons. The Morgan fingerprint density at radius 1 is 0.891 bits per heavy atom. The van der Waals surface area contributed by atoms with Crippen molar-refractivity contribution in [3.8, 4) is 28.4 Å². The third-order valence-electron chi connectivity index (χ3n) is 7.22. The minimum absolute atomic E-state index is 0.0552. The van der Waals surface area contributed by atoms with E-state index in [1.807, 2.05) is 47.4 Å². The second kappa shape index (κ2) is 17.8. The number of benzene rings is 3. The minimum Gasteiger partial charge on any atom is -0.494 e. The van der Waals surface area contributed by atoms with Crippen LogP contribution in [0.4, 0.5) is 0 Å². The SMILES string of the molecule is N=C1C=C(COc2cc(OCc3cccc(-c4cccc(OCCCN(CCO)CCO)c4)c3Br)c(Cl)cc2CN)C=C/C1=N/O. The number of allylic oxidation sites excluding steroid dienone is 2. The molecule has 0 radical (unpaired) electrons. The minimum atomic E-state index is 0.0552. The smallest absolute Gasteiger partial charge is 0.142 e. The molecule has 0 aromatic heterocycles. The van der Waals surface area contributed by atoms with Gasteiger partial charge in [-0.1, -0.05) is 53.2 Å². The van der Waals surface area contributed by atoms with Crippen LogP contribution in [0.15, 0.2) is 88.0 Å². The van der Waals surface area contributed by atoms with E-state index in [1.165, 1.54) is 0 Å². The summed E-state index contributed by atoms with van der Waals surface area (Å²) in [6.07, 6.45) is 5.62. The van der Waals surface area contributed by atoms with E-state index in [0.29, 0.717) is 41.8 Å². The van der Waals surface area contributed by atoms with Gasteiger partial charge in [0.2, 0.25) is 0 Å². The molecule has 12 heteroatoms. The predicted molar refractivity (Wildman–Crippen MR) is 184 cm³/mol. The highest BCUT2D eigenvalue weighted by molar-refractivity contribution is 9.10. The first-order valence-corrected chi connectivity index (χ1v) is 16.0. The molecule has 0 spiro atoms. The summed E-state index contributed by atoms with van der Waals surface area (Å²) in [7, 11) is 0. The lowest BCUT2D eigenvalue weighted by molar-refractivity contribution is 0.153. The molecule has 4 rings (SSSR count). The van der Waals surface area contributed by atoms with Gasteiger partial charge >= 0.3 is 0 Å². The van der Waals surface area contributed by atoms with Crippen molar-refractivity contribution in [2.75, 3.05) is 46.1 Å². The standard InChI is InChI=1S/C34H38BrClN4O6/c35-34-25(5-2-7-28(34)24-4-1-6-27(17-24)44-15-3-10-40(11-13-41)12-14-42)22-46-33-19-32(26(20-37)18-29(33)36)45-21-23-8-9-31(39-43)30(38)16-23/h1-2,4-9,16-19,38,41-43H,3,10-15,20-22,37H2/b38-30?,39-31-. The topological polar surface area (TPSA) is 154 Å². The lowest BCUT2D eigenvalue weighted by atomic mass is 10.0. The third kappa shape index (κ3) is 9.65. The van der Waals surface area contributed by atoms with Crippen molar-refractivity contribution >= 4 is 39.0 Å². The highest BCUT2D eigenvalue weighted by Crippen LogP contribution is 2.36. The fourth-order valence-corrected chi connectivity index (χ4v) is 5.67. The average Bonchev–Trinajstić information content (AvgIpc) is 3.06. The largest absolute Gasteiger partial charge is 0.494 e. The van der Waals surface area contributed by atoms with Crippen molar-refractivity contribution in [2.24, 2.45) is 10.9 Å². The van der Waals surface area contributed by atoms with Crippen LogP contribution in [0.1, 0.15) is 17.5 Å². The number of halogens is 2. The highest BCUT2D eigenvalue weighted by atomic mass is 79.9. The number of nitrogens with two attached hydrogens (primary N) is 1. The first kappa shape index (κ1) is 35.1. The van der Waals surface area contributed by atoms with Crippen LogP contribution in [-0.4, -0.2) is 77.8 Å². The number of aliphatic hydroxyl groups is 2. The summed E-state index contributed by atoms with van der Waals surface area (Å²) >= 11 is 10.3. The lowest BCUT2D eigenvalue weighted by Crippen LogP contribution is -2.31. The molecule has 1 aliphatic rings. The van der Waals surface area contributed by atoms with Gasteiger partial charge in [-0.2, -0.15) is 0 Å². The number of hydrogen-bond donors (Lipinski definition) is 5. The van der Waals surface area contributed by atoms with Gasteiger partial charge in [0.05, 0.1) is 30.6 Å². The molecule has 0 aliphatic heterocycles. The number of nitrogens with zero attached hydrogens (tertiary/aromatic N) is 2. The maximum atomic E-state index is 9.19. The van der Waals surface area contributed by atoms with Crippen LogP contribution in [0.25, 0.3) is 11.1 Å². The molecule has 0 saturated heterocycles. The quantitative estimate of drug-likeness (QED) is 0.0526. The van der Waals surface area contributed by atoms with Gasteiger partial charge in [0.25, 0.3) is 0 Å². The molecule has 0 heterocycles. The van der Waals surface area contributed by atoms with E-state index in [0.717, 1.165) is 45.5 Å². The zero-order chi connectivity index (χ0) is 32.9. The summed E-state index contributed by atoms with van der Waals surface area (Å²) in [6, 6.07) is 17.3. The first-order valence-electron chi connectivity index (χ1n) is 14.8. The van der Waals surface area contributed by atoms with Crippen molar-refractivity contribution in [3.05, 3.63) is 99.0 Å². The monoisotopic (exact) mass is 712 g/mol. The van der Waals surface area contributed by atoms with E-state index in [4.69, 9.17) is 42.2 Å². The summed E-state index contributed by atoms with van der Waals surface area (Å²) in [6.45, 7) is 3.02. The number of oxime groups is 1. The van der Waals surface area contributed by atoms with Gasteiger partial charge in [-0.25, -0.2) is 0 Å². The molecule has 3 aromatic carbocycles. The van der Waals surface area contributed by atoms with Gasteiger partial charge in [0, 0.05) is 47.8 Å². The van der Waals surface area contributed by atoms with Gasteiger partial charge in [-0.3, -0.25) is 10.3 Å². The number of rotatable bonds is 17. The van der Waals surface area contributed by atoms with Crippen molar-refractivity contribution in [1.82, 2.24) is 4.90 Å². The number of hydrogen-bond acceptors (Lipinski definition) is 10. The van der Waals surface area contributed by atoms with E-state index >= 15 is 0 Å². The van der Waals surface area contributed by atoms with Crippen LogP contribution in [0, 0.1) is 5.41 Å². The Kier molecular flexibility index (Phi) is 13.6. The van der Waals surface area contributed by atoms with Gasteiger partial charge in [-0.15, -0.1) is 0 Å². The van der Waals surface area contributed by atoms with Crippen molar-refractivity contribution in [1.29, 1.82) is 5.41 Å². The summed E-state index contributed by atoms with van der Waals surface area (Å²) in [5.41, 5.74) is 10.5. The molecule has 0 unspecified atom stereocenters. The molecule has 0 amide bonds. The summed E-state index contributed by atoms with van der Waals surface area (Å²) in [5.74, 6) is 1.71. The Bertz CT molecular complexity index is 1590. The van der Waals surface area contributed by atoms with Crippen LogP contribution in [0.2, 0.25) is 5.02 Å². The van der Waals surface area contributed by atoms with Gasteiger partial charge in [-0.05, 0) is 69.4 Å². The van der Waals surface area contributed by atoms with E-state index in [9.17, 15) is 10.2 Å². The Morgan fingerprint density at radius 3 is 2.37 bits per heavy atom. The van der Waals surface area contributed by atoms with Crippen LogP contribution >= 0.6 is 27.5 Å². The third-order valence-corrected chi connectivity index (χ3v) is 8.46. The van der Waals surface area contributed by atoms with Crippen molar-refractivity contribution in [2.45, 2.75) is 19.6 Å². The van der Waals surface area contributed by atoms with Gasteiger partial charge in [0.15, 0.2) is 0 Å². The molecular weight excluding hydrogens is 676 g/mol. The predicted octanol–water partition coefficient (Wildman–Crippen LogP) is 5.59. The van der Waals surface area contributed by atoms with E-state index in [2.05, 4.69) is 21.1 Å². The average molecular weight is 714 g/mol. The second-order valence-corrected chi connectivity index (χ2v) is 11.6. The highest BCUT2D eigenvalue weighted by Gasteiger charge is 2.15. The Morgan fingerprint density at radius 2 is 1.65 bits per heavy atom. The molecule has 0 saturated carbocycles. The molecule has 3 aromatic rings. The Balaban J connectivity index is 1.41. The van der Waals surface area contributed by atoms with Crippen LogP contribution in [0.3, 0.4) is 0 Å². The lowest BCUT2D eigenvalue weighted by Gasteiger charge is -2.20. The molecule has 0 bridgehead atoms. The normalized spacial score (nSPS) is 13.7. The molecule has 46 heavy (non-hydrogen) atoms. The van der Waals surface area contributed by atoms with Crippen molar-refractivity contribution in [3.63, 3.8) is 0 Å². The summed E-state index contributed by atoms with van der Waals surface area (Å²) < 4.78 is 19.1. The Labute approximate surface area is 282 Å². The maximum Gasteiger partial charge on any atom is 0.142 e. The van der Waals surface area contributed by atoms with Crippen LogP contribution < -0.4 is 19.9 Å². The number of ether oxygens (including phenoxy) is 3. The summed E-state index contributed by atoms with van der Waals surface area (Å²) in [5, 5.41) is 38.8. The van der Waals surface area contributed by atoms with Crippen molar-refractivity contribution < 1.29 is 29.6 Å². The van der Waals surface area contributed by atoms with E-state index < -0.39 is 0 Å². The van der Waals surface area contributed by atoms with Gasteiger partial charge in [0.1, 0.15) is 36.2 Å². The first-order chi connectivity index (χ1) is 22.4. The molecule has 0 fully saturated rings. The zero-order valence-corrected chi connectivity index (χ0v) is 27.6. The zero-order valence-electron chi connectivity index (χ0n) is 25.3. The maximum absolute atomic E-state index is 9.19. The van der Waals surface area contributed by atoms with E-state index in [1.54, 1.807) is 30.4 Å². The molecular formula is C34H38BrClN4O6. The second-order valence-electron chi connectivity index (χ2n) is 10.4. The molecule has 10 nitrogen and oxygen atoms in total. The fourth-order valence-electron chi connectivity index (χ4n) is 4.82.